The number of ether oxygens (including phenoxy) is 3. The molecule has 7 heteroatoms. The minimum atomic E-state index is -1.42. The Bertz CT molecular complexity index is 366. The average Bonchev–Trinajstić information content (AvgIpc) is 2.93. The molecule has 0 radical (unpaired) electrons. The van der Waals surface area contributed by atoms with Gasteiger partial charge in [-0.15, -0.1) is 0 Å². The van der Waals surface area contributed by atoms with Crippen LogP contribution in [0.2, 0.25) is 0 Å². The first-order valence-electron chi connectivity index (χ1n) is 7.30. The molecule has 21 heavy (non-hydrogen) atoms. The number of amides is 1. The Balaban J connectivity index is 2.73. The molecule has 0 spiro atoms. The van der Waals surface area contributed by atoms with Crippen molar-refractivity contribution in [2.75, 3.05) is 19.8 Å². The van der Waals surface area contributed by atoms with Gasteiger partial charge in [-0.25, -0.2) is 9.59 Å². The smallest absolute Gasteiger partial charge is 0.340 e. The largest absolute Gasteiger partial charge is 0.464 e. The highest BCUT2D eigenvalue weighted by Gasteiger charge is 2.38. The standard InChI is InChI=1S/C14H23NO6/c1-4-10-9(7-8-21-10)12(16)15-11(13(17)19-5-2)14(18)20-6-3/h9-11H,4-8H2,1-3H3,(H,15,16). The Kier molecular flexibility index (Phi) is 7.14. The van der Waals surface area contributed by atoms with Crippen molar-refractivity contribution < 1.29 is 28.6 Å². The van der Waals surface area contributed by atoms with E-state index in [9.17, 15) is 14.4 Å². The van der Waals surface area contributed by atoms with Gasteiger partial charge in [-0.2, -0.15) is 0 Å². The van der Waals surface area contributed by atoms with E-state index in [1.54, 1.807) is 13.8 Å². The highest BCUT2D eigenvalue weighted by molar-refractivity contribution is 6.02. The lowest BCUT2D eigenvalue weighted by Gasteiger charge is -2.20. The fraction of sp³-hybridized carbons (Fsp3) is 0.786. The number of esters is 2. The third kappa shape index (κ3) is 4.70. The van der Waals surface area contributed by atoms with E-state index in [1.807, 2.05) is 6.92 Å². The maximum atomic E-state index is 12.2. The number of hydrogen-bond acceptors (Lipinski definition) is 6. The zero-order chi connectivity index (χ0) is 15.8. The van der Waals surface area contributed by atoms with Crippen LogP contribution in [0.4, 0.5) is 0 Å². The Morgan fingerprint density at radius 3 is 2.19 bits per heavy atom. The van der Waals surface area contributed by atoms with Crippen molar-refractivity contribution in [3.05, 3.63) is 0 Å². The molecule has 1 amide bonds. The van der Waals surface area contributed by atoms with Crippen molar-refractivity contribution in [2.24, 2.45) is 5.92 Å². The summed E-state index contributed by atoms with van der Waals surface area (Å²) in [7, 11) is 0. The van der Waals surface area contributed by atoms with Gasteiger partial charge in [-0.3, -0.25) is 4.79 Å². The molecule has 0 saturated carbocycles. The number of nitrogens with one attached hydrogen (secondary N) is 1. The predicted octanol–water partition coefficient (Wildman–Crippen LogP) is 0.413. The van der Waals surface area contributed by atoms with Crippen molar-refractivity contribution in [1.29, 1.82) is 0 Å². The van der Waals surface area contributed by atoms with Crippen molar-refractivity contribution in [3.8, 4) is 0 Å². The second-order valence-corrected chi connectivity index (χ2v) is 4.66. The van der Waals surface area contributed by atoms with Gasteiger partial charge >= 0.3 is 11.9 Å². The van der Waals surface area contributed by atoms with Crippen molar-refractivity contribution in [1.82, 2.24) is 5.32 Å². The van der Waals surface area contributed by atoms with Crippen LogP contribution in [0, 0.1) is 5.92 Å². The summed E-state index contributed by atoms with van der Waals surface area (Å²) in [6, 6.07) is -1.42. The molecule has 0 bridgehead atoms. The summed E-state index contributed by atoms with van der Waals surface area (Å²) < 4.78 is 15.0. The van der Waals surface area contributed by atoms with Gasteiger partial charge in [0.05, 0.1) is 25.2 Å². The van der Waals surface area contributed by atoms with Crippen LogP contribution >= 0.6 is 0 Å². The van der Waals surface area contributed by atoms with Gasteiger partial charge in [0.15, 0.2) is 0 Å². The van der Waals surface area contributed by atoms with Gasteiger partial charge in [-0.05, 0) is 26.7 Å². The van der Waals surface area contributed by atoms with Crippen molar-refractivity contribution in [2.45, 2.75) is 45.8 Å². The molecule has 1 N–H and O–H groups in total. The lowest BCUT2D eigenvalue weighted by molar-refractivity contribution is -0.160. The third-order valence-electron chi connectivity index (χ3n) is 3.28. The lowest BCUT2D eigenvalue weighted by atomic mass is 9.98. The minimum Gasteiger partial charge on any atom is -0.464 e. The normalized spacial score (nSPS) is 21.1. The molecule has 1 fully saturated rings. The van der Waals surface area contributed by atoms with Gasteiger partial charge in [0, 0.05) is 6.61 Å². The van der Waals surface area contributed by atoms with E-state index in [1.165, 1.54) is 0 Å². The molecular weight excluding hydrogens is 278 g/mol. The van der Waals surface area contributed by atoms with Crippen LogP contribution in [0.25, 0.3) is 0 Å². The van der Waals surface area contributed by atoms with Gasteiger partial charge < -0.3 is 19.5 Å². The molecule has 1 saturated heterocycles. The minimum absolute atomic E-state index is 0.120. The summed E-state index contributed by atoms with van der Waals surface area (Å²) in [5.74, 6) is -2.36. The summed E-state index contributed by atoms with van der Waals surface area (Å²) >= 11 is 0. The lowest BCUT2D eigenvalue weighted by Crippen LogP contribution is -2.51. The van der Waals surface area contributed by atoms with Crippen LogP contribution in [-0.2, 0) is 28.6 Å². The summed E-state index contributed by atoms with van der Waals surface area (Å²) in [4.78, 5) is 35.8. The maximum Gasteiger partial charge on any atom is 0.340 e. The SMILES string of the molecule is CCOC(=O)C(NC(=O)C1CCOC1CC)C(=O)OCC. The Labute approximate surface area is 124 Å². The highest BCUT2D eigenvalue weighted by atomic mass is 16.6. The number of hydrogen-bond donors (Lipinski definition) is 1. The van der Waals surface area contributed by atoms with Crippen molar-refractivity contribution in [3.63, 3.8) is 0 Å². The van der Waals surface area contributed by atoms with E-state index in [-0.39, 0.29) is 31.1 Å². The zero-order valence-corrected chi connectivity index (χ0v) is 12.7. The fourth-order valence-electron chi connectivity index (χ4n) is 2.27. The first-order valence-corrected chi connectivity index (χ1v) is 7.30. The quantitative estimate of drug-likeness (QED) is 0.541. The van der Waals surface area contributed by atoms with Crippen LogP contribution < -0.4 is 5.32 Å². The average molecular weight is 301 g/mol. The summed E-state index contributed by atoms with van der Waals surface area (Å²) in [6.45, 7) is 5.91. The van der Waals surface area contributed by atoms with E-state index in [0.29, 0.717) is 19.4 Å². The number of carbonyl (C=O) groups is 3. The molecule has 1 heterocycles. The van der Waals surface area contributed by atoms with E-state index in [4.69, 9.17) is 14.2 Å². The molecule has 1 aliphatic heterocycles. The van der Waals surface area contributed by atoms with Crippen LogP contribution in [0.3, 0.4) is 0 Å². The molecule has 0 aromatic heterocycles. The Morgan fingerprint density at radius 2 is 1.71 bits per heavy atom. The van der Waals surface area contributed by atoms with Crippen LogP contribution in [0.5, 0.6) is 0 Å². The van der Waals surface area contributed by atoms with E-state index < -0.39 is 18.0 Å². The fourth-order valence-corrected chi connectivity index (χ4v) is 2.27. The molecule has 0 aromatic rings. The third-order valence-corrected chi connectivity index (χ3v) is 3.28. The van der Waals surface area contributed by atoms with Gasteiger partial charge in [0.25, 0.3) is 0 Å². The second kappa shape index (κ2) is 8.61. The summed E-state index contributed by atoms with van der Waals surface area (Å²) in [5, 5.41) is 2.42. The second-order valence-electron chi connectivity index (χ2n) is 4.66. The monoisotopic (exact) mass is 301 g/mol. The summed E-state index contributed by atoms with van der Waals surface area (Å²) in [6.07, 6.45) is 1.08. The first-order chi connectivity index (χ1) is 10.0. The van der Waals surface area contributed by atoms with E-state index in [2.05, 4.69) is 5.32 Å². The zero-order valence-electron chi connectivity index (χ0n) is 12.7. The number of rotatable bonds is 7. The molecule has 2 atom stereocenters. The molecule has 1 rings (SSSR count). The van der Waals surface area contributed by atoms with Gasteiger partial charge in [0.1, 0.15) is 0 Å². The van der Waals surface area contributed by atoms with Crippen LogP contribution in [-0.4, -0.2) is 49.8 Å². The number of carbonyl (C=O) groups excluding carboxylic acids is 3. The van der Waals surface area contributed by atoms with Crippen LogP contribution in [0.1, 0.15) is 33.6 Å². The van der Waals surface area contributed by atoms with Crippen molar-refractivity contribution >= 4 is 17.8 Å². The van der Waals surface area contributed by atoms with E-state index >= 15 is 0 Å². The molecule has 1 aliphatic rings. The molecule has 0 aliphatic carbocycles. The highest BCUT2D eigenvalue weighted by Crippen LogP contribution is 2.23. The van der Waals surface area contributed by atoms with Crippen LogP contribution in [0.15, 0.2) is 0 Å². The summed E-state index contributed by atoms with van der Waals surface area (Å²) in [5.41, 5.74) is 0. The van der Waals surface area contributed by atoms with Gasteiger partial charge in [0.2, 0.25) is 11.9 Å². The molecular formula is C14H23NO6. The molecule has 120 valence electrons. The Hall–Kier alpha value is -1.63. The molecule has 7 nitrogen and oxygen atoms in total. The van der Waals surface area contributed by atoms with Gasteiger partial charge in [-0.1, -0.05) is 6.92 Å². The van der Waals surface area contributed by atoms with E-state index in [0.717, 1.165) is 0 Å². The predicted molar refractivity (Wildman–Crippen MR) is 73.3 cm³/mol. The maximum absolute atomic E-state index is 12.2. The Morgan fingerprint density at radius 1 is 1.14 bits per heavy atom. The first kappa shape index (κ1) is 17.4. The molecule has 2 unspecified atom stereocenters. The topological polar surface area (TPSA) is 90.9 Å². The molecule has 0 aromatic carbocycles.